The lowest BCUT2D eigenvalue weighted by Crippen LogP contribution is -2.02. The molecule has 4 N–H and O–H groups in total. The summed E-state index contributed by atoms with van der Waals surface area (Å²) in [5.41, 5.74) is 10.4. The van der Waals surface area contributed by atoms with Gasteiger partial charge in [0, 0.05) is 17.7 Å². The number of hydrogen-bond donors (Lipinski definition) is 3. The van der Waals surface area contributed by atoms with Gasteiger partial charge in [0.05, 0.1) is 12.5 Å². The standard InChI is InChI=1S/C20H20N2O3/c1-13-2-3-15(10-17(13)12-22)20(14-4-7-18(23)8-5-14)16(11-21)6-9-19(24)25/h2-5,7-8,10,23H,6,9,12,22H2,1H3,(H,24,25)/b20-16+. The lowest BCUT2D eigenvalue weighted by molar-refractivity contribution is -0.136. The maximum absolute atomic E-state index is 10.9. The highest BCUT2D eigenvalue weighted by Crippen LogP contribution is 2.31. The fraction of sp³-hybridized carbons (Fsp3) is 0.200. The van der Waals surface area contributed by atoms with Crippen molar-refractivity contribution in [1.29, 1.82) is 5.26 Å². The molecule has 0 atom stereocenters. The number of benzene rings is 2. The first kappa shape index (κ1) is 18.2. The third-order valence-corrected chi connectivity index (χ3v) is 4.04. The third-order valence-electron chi connectivity index (χ3n) is 4.04. The van der Waals surface area contributed by atoms with Crippen molar-refractivity contribution in [2.24, 2.45) is 5.73 Å². The molecule has 25 heavy (non-hydrogen) atoms. The highest BCUT2D eigenvalue weighted by atomic mass is 16.4. The average molecular weight is 336 g/mol. The molecule has 0 aliphatic heterocycles. The molecule has 0 fully saturated rings. The van der Waals surface area contributed by atoms with Gasteiger partial charge in [0.15, 0.2) is 0 Å². The number of nitrogens with two attached hydrogens (primary N) is 1. The summed E-state index contributed by atoms with van der Waals surface area (Å²) in [6.07, 6.45) is 0.00790. The number of nitriles is 1. The molecular formula is C20H20N2O3. The van der Waals surface area contributed by atoms with Gasteiger partial charge in [0.25, 0.3) is 0 Å². The SMILES string of the molecule is Cc1ccc(/C(=C(/C#N)CCC(=O)O)c2ccc(O)cc2)cc1CN. The first-order valence-electron chi connectivity index (χ1n) is 7.90. The highest BCUT2D eigenvalue weighted by Gasteiger charge is 2.14. The number of nitrogens with zero attached hydrogens (tertiary/aromatic N) is 1. The number of carbonyl (C=O) groups is 1. The van der Waals surface area contributed by atoms with Crippen LogP contribution in [0.3, 0.4) is 0 Å². The fourth-order valence-electron chi connectivity index (χ4n) is 2.66. The molecule has 0 heterocycles. The topological polar surface area (TPSA) is 107 Å². The second-order valence-corrected chi connectivity index (χ2v) is 5.75. The van der Waals surface area contributed by atoms with Gasteiger partial charge in [-0.15, -0.1) is 0 Å². The van der Waals surface area contributed by atoms with Crippen LogP contribution < -0.4 is 5.73 Å². The number of aryl methyl sites for hydroxylation is 1. The van der Waals surface area contributed by atoms with E-state index >= 15 is 0 Å². The van der Waals surface area contributed by atoms with Crippen molar-refractivity contribution < 1.29 is 15.0 Å². The van der Waals surface area contributed by atoms with Crippen molar-refractivity contribution in [2.45, 2.75) is 26.3 Å². The van der Waals surface area contributed by atoms with E-state index in [0.29, 0.717) is 17.7 Å². The monoisotopic (exact) mass is 336 g/mol. The first-order chi connectivity index (χ1) is 12.0. The van der Waals surface area contributed by atoms with Crippen molar-refractivity contribution in [3.63, 3.8) is 0 Å². The van der Waals surface area contributed by atoms with Gasteiger partial charge in [-0.1, -0.05) is 24.3 Å². The van der Waals surface area contributed by atoms with E-state index in [1.54, 1.807) is 24.3 Å². The molecule has 0 radical (unpaired) electrons. The molecule has 128 valence electrons. The molecule has 2 aromatic rings. The van der Waals surface area contributed by atoms with Gasteiger partial charge in [0.1, 0.15) is 5.75 Å². The van der Waals surface area contributed by atoms with Crippen LogP contribution in [0.25, 0.3) is 5.57 Å². The number of rotatable bonds is 6. The minimum Gasteiger partial charge on any atom is -0.508 e. The summed E-state index contributed by atoms with van der Waals surface area (Å²) >= 11 is 0. The number of hydrogen-bond acceptors (Lipinski definition) is 4. The molecule has 2 aromatic carbocycles. The Hall–Kier alpha value is -3.10. The smallest absolute Gasteiger partial charge is 0.303 e. The maximum atomic E-state index is 10.9. The van der Waals surface area contributed by atoms with Gasteiger partial charge >= 0.3 is 5.97 Å². The van der Waals surface area contributed by atoms with Crippen LogP contribution in [-0.4, -0.2) is 16.2 Å². The summed E-state index contributed by atoms with van der Waals surface area (Å²) in [5, 5.41) is 28.1. The Bertz CT molecular complexity index is 846. The van der Waals surface area contributed by atoms with Crippen molar-refractivity contribution in [2.75, 3.05) is 0 Å². The largest absolute Gasteiger partial charge is 0.508 e. The number of aliphatic carboxylic acids is 1. The second kappa shape index (κ2) is 8.13. The number of carboxylic acid groups (broad SMARTS) is 1. The average Bonchev–Trinajstić information content (AvgIpc) is 2.60. The van der Waals surface area contributed by atoms with Gasteiger partial charge < -0.3 is 15.9 Å². The summed E-state index contributed by atoms with van der Waals surface area (Å²) in [6.45, 7) is 2.34. The van der Waals surface area contributed by atoms with Crippen molar-refractivity contribution >= 4 is 11.5 Å². The third kappa shape index (κ3) is 4.46. The summed E-state index contributed by atoms with van der Waals surface area (Å²) < 4.78 is 0. The van der Waals surface area contributed by atoms with Crippen molar-refractivity contribution in [1.82, 2.24) is 0 Å². The van der Waals surface area contributed by atoms with Crippen LogP contribution >= 0.6 is 0 Å². The number of phenols is 1. The Labute approximate surface area is 146 Å². The van der Waals surface area contributed by atoms with Crippen LogP contribution in [0.2, 0.25) is 0 Å². The fourth-order valence-corrected chi connectivity index (χ4v) is 2.66. The van der Waals surface area contributed by atoms with Crippen LogP contribution in [0, 0.1) is 18.3 Å². The number of allylic oxidation sites excluding steroid dienone is 1. The van der Waals surface area contributed by atoms with E-state index in [0.717, 1.165) is 22.3 Å². The van der Waals surface area contributed by atoms with Crippen LogP contribution in [0.15, 0.2) is 48.0 Å². The molecule has 0 spiro atoms. The summed E-state index contributed by atoms with van der Waals surface area (Å²) in [5.74, 6) is -0.831. The molecule has 5 heteroatoms. The van der Waals surface area contributed by atoms with E-state index in [9.17, 15) is 15.2 Å². The maximum Gasteiger partial charge on any atom is 0.303 e. The quantitative estimate of drug-likeness (QED) is 0.701. The lowest BCUT2D eigenvalue weighted by Gasteiger charge is -2.14. The normalized spacial score (nSPS) is 11.6. The molecule has 2 rings (SSSR count). The van der Waals surface area contributed by atoms with Gasteiger partial charge in [-0.3, -0.25) is 4.79 Å². The number of carboxylic acids is 1. The zero-order chi connectivity index (χ0) is 18.4. The molecule has 0 aromatic heterocycles. The summed E-state index contributed by atoms with van der Waals surface area (Å²) in [4.78, 5) is 10.9. The van der Waals surface area contributed by atoms with Crippen molar-refractivity contribution in [3.8, 4) is 11.8 Å². The molecule has 0 bridgehead atoms. The molecule has 0 aliphatic carbocycles. The molecule has 0 aliphatic rings. The van der Waals surface area contributed by atoms with Crippen molar-refractivity contribution in [3.05, 3.63) is 70.3 Å². The number of aromatic hydroxyl groups is 1. The van der Waals surface area contributed by atoms with Gasteiger partial charge in [-0.05, 0) is 53.8 Å². The van der Waals surface area contributed by atoms with E-state index in [-0.39, 0.29) is 18.6 Å². The highest BCUT2D eigenvalue weighted by molar-refractivity contribution is 5.85. The van der Waals surface area contributed by atoms with E-state index in [2.05, 4.69) is 6.07 Å². The molecule has 0 saturated carbocycles. The van der Waals surface area contributed by atoms with Crippen LogP contribution in [0.1, 0.15) is 35.1 Å². The second-order valence-electron chi connectivity index (χ2n) is 5.75. The van der Waals surface area contributed by atoms with Gasteiger partial charge in [-0.2, -0.15) is 5.26 Å². The van der Waals surface area contributed by atoms with Crippen LogP contribution in [0.5, 0.6) is 5.75 Å². The number of phenolic OH excluding ortho intramolecular Hbond substituents is 1. The Morgan fingerprint density at radius 3 is 2.32 bits per heavy atom. The van der Waals surface area contributed by atoms with Crippen LogP contribution in [-0.2, 0) is 11.3 Å². The Morgan fingerprint density at radius 1 is 1.12 bits per heavy atom. The zero-order valence-electron chi connectivity index (χ0n) is 14.0. The molecule has 0 amide bonds. The van der Waals surface area contributed by atoms with E-state index in [1.165, 1.54) is 0 Å². The van der Waals surface area contributed by atoms with Gasteiger partial charge in [-0.25, -0.2) is 0 Å². The zero-order valence-corrected chi connectivity index (χ0v) is 14.0. The predicted octanol–water partition coefficient (Wildman–Crippen LogP) is 3.35. The first-order valence-corrected chi connectivity index (χ1v) is 7.90. The minimum atomic E-state index is -0.954. The molecule has 5 nitrogen and oxygen atoms in total. The Morgan fingerprint density at radius 2 is 1.76 bits per heavy atom. The van der Waals surface area contributed by atoms with E-state index < -0.39 is 5.97 Å². The lowest BCUT2D eigenvalue weighted by atomic mass is 9.89. The predicted molar refractivity (Wildman–Crippen MR) is 95.7 cm³/mol. The van der Waals surface area contributed by atoms with Gasteiger partial charge in [0.2, 0.25) is 0 Å². The molecular weight excluding hydrogens is 316 g/mol. The summed E-state index contributed by atoms with van der Waals surface area (Å²) in [6, 6.07) is 14.4. The Kier molecular flexibility index (Phi) is 5.93. The Balaban J connectivity index is 2.65. The summed E-state index contributed by atoms with van der Waals surface area (Å²) in [7, 11) is 0. The minimum absolute atomic E-state index is 0.124. The van der Waals surface area contributed by atoms with E-state index in [1.807, 2.05) is 25.1 Å². The molecule has 0 unspecified atom stereocenters. The van der Waals surface area contributed by atoms with Crippen LogP contribution in [0.4, 0.5) is 0 Å². The molecule has 0 saturated heterocycles. The van der Waals surface area contributed by atoms with E-state index in [4.69, 9.17) is 10.8 Å².